The second-order valence-corrected chi connectivity index (χ2v) is 6.83. The fourth-order valence-electron chi connectivity index (χ4n) is 2.08. The molecule has 0 aliphatic heterocycles. The van der Waals surface area contributed by atoms with Crippen LogP contribution in [0.2, 0.25) is 0 Å². The van der Waals surface area contributed by atoms with E-state index < -0.39 is 17.2 Å². The Morgan fingerprint density at radius 1 is 1.22 bits per heavy atom. The smallest absolute Gasteiger partial charge is 0.321 e. The second-order valence-electron chi connectivity index (χ2n) is 5.48. The summed E-state index contributed by atoms with van der Waals surface area (Å²) in [6, 6.07) is 13.9. The lowest BCUT2D eigenvalue weighted by Gasteiger charge is -2.11. The number of urea groups is 1. The highest BCUT2D eigenvalue weighted by molar-refractivity contribution is 8.00. The van der Waals surface area contributed by atoms with Gasteiger partial charge in [-0.1, -0.05) is 42.1 Å². The van der Waals surface area contributed by atoms with Crippen molar-refractivity contribution in [2.45, 2.75) is 23.7 Å². The molecule has 2 aromatic rings. The van der Waals surface area contributed by atoms with Crippen LogP contribution in [0.25, 0.3) is 0 Å². The van der Waals surface area contributed by atoms with E-state index in [0.29, 0.717) is 11.6 Å². The molecule has 0 unspecified atom stereocenters. The summed E-state index contributed by atoms with van der Waals surface area (Å²) in [7, 11) is 0. The molecule has 0 aliphatic carbocycles. The van der Waals surface area contributed by atoms with Crippen LogP contribution < -0.4 is 21.4 Å². The number of aromatic amines is 1. The fourth-order valence-corrected chi connectivity index (χ4v) is 3.00. The van der Waals surface area contributed by atoms with Gasteiger partial charge in [0.25, 0.3) is 5.82 Å². The number of hydrogen-bond donors (Lipinski definition) is 3. The molecule has 1 heterocycles. The SMILES string of the molecule is C[C@H](Sc1[nH+]c(N)c(C#N)cc1C#N)C(=O)NC(=O)NCc1ccccc1. The Labute approximate surface area is 160 Å². The predicted molar refractivity (Wildman–Crippen MR) is 99.0 cm³/mol. The minimum absolute atomic E-state index is 0.104. The molecule has 3 amide bonds. The monoisotopic (exact) mass is 381 g/mol. The molecular weight excluding hydrogens is 364 g/mol. The van der Waals surface area contributed by atoms with Crippen LogP contribution in [0.4, 0.5) is 10.6 Å². The van der Waals surface area contributed by atoms with Gasteiger partial charge in [0.05, 0.1) is 5.25 Å². The van der Waals surface area contributed by atoms with Crippen molar-refractivity contribution in [1.82, 2.24) is 10.6 Å². The number of imide groups is 1. The van der Waals surface area contributed by atoms with Gasteiger partial charge < -0.3 is 5.32 Å². The molecule has 1 aromatic carbocycles. The van der Waals surface area contributed by atoms with E-state index in [-0.39, 0.29) is 16.9 Å². The maximum absolute atomic E-state index is 12.2. The van der Waals surface area contributed by atoms with Crippen LogP contribution in [0.15, 0.2) is 41.4 Å². The van der Waals surface area contributed by atoms with Crippen molar-refractivity contribution in [3.05, 3.63) is 53.1 Å². The highest BCUT2D eigenvalue weighted by Gasteiger charge is 2.22. The van der Waals surface area contributed by atoms with Crippen LogP contribution in [-0.2, 0) is 11.3 Å². The van der Waals surface area contributed by atoms with E-state index in [2.05, 4.69) is 15.6 Å². The summed E-state index contributed by atoms with van der Waals surface area (Å²) in [6.45, 7) is 1.88. The highest BCUT2D eigenvalue weighted by atomic mass is 32.2. The number of nitrogen functional groups attached to an aromatic ring is 1. The number of anilines is 1. The number of nitrogens with two attached hydrogens (primary N) is 1. The molecule has 0 aliphatic rings. The molecule has 1 atom stereocenters. The number of nitrogens with zero attached hydrogens (tertiary/aromatic N) is 2. The second kappa shape index (κ2) is 9.22. The Kier molecular flexibility index (Phi) is 6.75. The maximum Gasteiger partial charge on any atom is 0.321 e. The summed E-state index contributed by atoms with van der Waals surface area (Å²) < 4.78 is 0. The number of benzene rings is 1. The molecule has 2 rings (SSSR count). The van der Waals surface area contributed by atoms with E-state index in [1.807, 2.05) is 42.5 Å². The summed E-state index contributed by atoms with van der Waals surface area (Å²) in [6.07, 6.45) is 0. The zero-order valence-electron chi connectivity index (χ0n) is 14.4. The summed E-state index contributed by atoms with van der Waals surface area (Å²) in [4.78, 5) is 26.8. The zero-order valence-corrected chi connectivity index (χ0v) is 15.3. The van der Waals surface area contributed by atoms with Crippen LogP contribution in [0, 0.1) is 22.7 Å². The molecule has 0 spiro atoms. The molecule has 0 radical (unpaired) electrons. The molecule has 27 heavy (non-hydrogen) atoms. The van der Waals surface area contributed by atoms with Crippen molar-refractivity contribution < 1.29 is 14.6 Å². The van der Waals surface area contributed by atoms with Gasteiger partial charge in [0, 0.05) is 6.54 Å². The number of pyridine rings is 1. The van der Waals surface area contributed by atoms with Gasteiger partial charge in [0.15, 0.2) is 5.03 Å². The average molecular weight is 381 g/mol. The van der Waals surface area contributed by atoms with Gasteiger partial charge in [-0.15, -0.1) is 0 Å². The van der Waals surface area contributed by atoms with Crippen molar-refractivity contribution in [1.29, 1.82) is 10.5 Å². The molecule has 0 fully saturated rings. The molecule has 0 bridgehead atoms. The standard InChI is InChI=1S/C18H16N6O2S/c1-11(27-17-14(9-20)7-13(8-19)15(21)23-17)16(25)24-18(26)22-10-12-5-3-2-4-6-12/h2-7,11H,10H2,1H3,(H2,21,23)(H2,22,24,25,26)/p+1/t11-/m0/s1. The van der Waals surface area contributed by atoms with Gasteiger partial charge in [0.1, 0.15) is 23.3 Å². The Bertz CT molecular complexity index is 933. The maximum atomic E-state index is 12.2. The molecule has 0 saturated heterocycles. The van der Waals surface area contributed by atoms with E-state index in [9.17, 15) is 14.9 Å². The number of H-pyrrole nitrogens is 1. The lowest BCUT2D eigenvalue weighted by molar-refractivity contribution is -0.410. The Morgan fingerprint density at radius 3 is 2.52 bits per heavy atom. The van der Waals surface area contributed by atoms with Gasteiger partial charge in [0.2, 0.25) is 5.91 Å². The number of amides is 3. The van der Waals surface area contributed by atoms with Gasteiger partial charge in [-0.25, -0.2) is 9.78 Å². The van der Waals surface area contributed by atoms with E-state index >= 15 is 0 Å². The van der Waals surface area contributed by atoms with Gasteiger partial charge in [-0.05, 0) is 18.6 Å². The van der Waals surface area contributed by atoms with Crippen LogP contribution >= 0.6 is 11.8 Å². The number of hydrogen-bond acceptors (Lipinski definition) is 6. The van der Waals surface area contributed by atoms with Crippen LogP contribution in [-0.4, -0.2) is 17.2 Å². The highest BCUT2D eigenvalue weighted by Crippen LogP contribution is 2.24. The van der Waals surface area contributed by atoms with Crippen LogP contribution in [0.1, 0.15) is 23.6 Å². The van der Waals surface area contributed by atoms with Gasteiger partial charge in [-0.3, -0.25) is 15.8 Å². The number of nitriles is 2. The molecule has 0 saturated carbocycles. The summed E-state index contributed by atoms with van der Waals surface area (Å²) in [5.41, 5.74) is 6.96. The summed E-state index contributed by atoms with van der Waals surface area (Å²) in [5, 5.41) is 22.7. The first-order valence-corrected chi connectivity index (χ1v) is 8.77. The topological polar surface area (TPSA) is 146 Å². The van der Waals surface area contributed by atoms with E-state index in [0.717, 1.165) is 17.3 Å². The fraction of sp³-hybridized carbons (Fsp3) is 0.167. The molecule has 136 valence electrons. The van der Waals surface area contributed by atoms with Crippen molar-refractivity contribution in [3.63, 3.8) is 0 Å². The van der Waals surface area contributed by atoms with Crippen molar-refractivity contribution in [2.24, 2.45) is 0 Å². The number of aromatic nitrogens is 1. The van der Waals surface area contributed by atoms with E-state index in [4.69, 9.17) is 11.0 Å². The number of carbonyl (C=O) groups is 2. The van der Waals surface area contributed by atoms with Crippen molar-refractivity contribution in [2.75, 3.05) is 5.73 Å². The third-order valence-corrected chi connectivity index (χ3v) is 4.63. The van der Waals surface area contributed by atoms with Crippen LogP contribution in [0.3, 0.4) is 0 Å². The first-order valence-electron chi connectivity index (χ1n) is 7.90. The molecule has 8 nitrogen and oxygen atoms in total. The number of thioether (sulfide) groups is 1. The first kappa shape index (κ1) is 19.8. The van der Waals surface area contributed by atoms with Gasteiger partial charge >= 0.3 is 6.03 Å². The molecule has 5 N–H and O–H groups in total. The lowest BCUT2D eigenvalue weighted by atomic mass is 10.2. The molecule has 9 heteroatoms. The lowest BCUT2D eigenvalue weighted by Crippen LogP contribution is -2.42. The minimum Gasteiger partial charge on any atom is -0.334 e. The first-order chi connectivity index (χ1) is 12.9. The molecular formula is C18H17N6O2S+. The zero-order chi connectivity index (χ0) is 19.8. The summed E-state index contributed by atoms with van der Waals surface area (Å²) >= 11 is 1.03. The Hall–Kier alpha value is -3.56. The summed E-state index contributed by atoms with van der Waals surface area (Å²) in [5.74, 6) is -0.419. The minimum atomic E-state index is -0.678. The number of carbonyl (C=O) groups excluding carboxylic acids is 2. The Morgan fingerprint density at radius 2 is 1.89 bits per heavy atom. The van der Waals surface area contributed by atoms with E-state index in [1.54, 1.807) is 6.92 Å². The number of nitrogens with one attached hydrogen (secondary N) is 3. The van der Waals surface area contributed by atoms with Crippen molar-refractivity contribution >= 4 is 29.5 Å². The normalized spacial score (nSPS) is 10.9. The third kappa shape index (κ3) is 5.46. The van der Waals surface area contributed by atoms with Crippen molar-refractivity contribution in [3.8, 4) is 12.1 Å². The van der Waals surface area contributed by atoms with Crippen LogP contribution in [0.5, 0.6) is 0 Å². The largest absolute Gasteiger partial charge is 0.334 e. The van der Waals surface area contributed by atoms with Gasteiger partial charge in [-0.2, -0.15) is 10.5 Å². The average Bonchev–Trinajstić information content (AvgIpc) is 2.67. The molecule has 1 aromatic heterocycles. The third-order valence-electron chi connectivity index (χ3n) is 3.51. The Balaban J connectivity index is 1.96. The quantitative estimate of drug-likeness (QED) is 0.666. The number of rotatable bonds is 5. The van der Waals surface area contributed by atoms with E-state index in [1.165, 1.54) is 6.07 Å². The predicted octanol–water partition coefficient (Wildman–Crippen LogP) is 1.33.